The lowest BCUT2D eigenvalue weighted by atomic mass is 10.2. The third kappa shape index (κ3) is 3.80. The van der Waals surface area contributed by atoms with Gasteiger partial charge in [-0.1, -0.05) is 12.1 Å². The number of ether oxygens (including phenoxy) is 2. The lowest BCUT2D eigenvalue weighted by Gasteiger charge is -2.16. The predicted octanol–water partition coefficient (Wildman–Crippen LogP) is 2.94. The molecule has 0 fully saturated rings. The van der Waals surface area contributed by atoms with Crippen molar-refractivity contribution in [2.75, 3.05) is 12.4 Å². The molecule has 1 unspecified atom stereocenters. The van der Waals surface area contributed by atoms with E-state index < -0.39 is 6.10 Å². The van der Waals surface area contributed by atoms with Crippen molar-refractivity contribution in [2.24, 2.45) is 0 Å². The summed E-state index contributed by atoms with van der Waals surface area (Å²) in [5.41, 5.74) is 0.991. The van der Waals surface area contributed by atoms with Gasteiger partial charge in [0.15, 0.2) is 6.10 Å². The van der Waals surface area contributed by atoms with Crippen molar-refractivity contribution in [1.82, 2.24) is 4.98 Å². The summed E-state index contributed by atoms with van der Waals surface area (Å²) in [5, 5.41) is 3.61. The molecule has 2 N–H and O–H groups in total. The van der Waals surface area contributed by atoms with Crippen LogP contribution in [0.1, 0.15) is 6.92 Å². The molecule has 0 saturated heterocycles. The van der Waals surface area contributed by atoms with Crippen LogP contribution in [0.2, 0.25) is 0 Å². The Balaban J connectivity index is 1.75. The van der Waals surface area contributed by atoms with E-state index in [0.717, 1.165) is 5.39 Å². The van der Waals surface area contributed by atoms with Gasteiger partial charge in [0.05, 0.1) is 12.6 Å². The molecule has 25 heavy (non-hydrogen) atoms. The number of H-pyrrole nitrogens is 1. The molecule has 0 aliphatic carbocycles. The van der Waals surface area contributed by atoms with Crippen LogP contribution in [-0.4, -0.2) is 24.1 Å². The van der Waals surface area contributed by atoms with Crippen molar-refractivity contribution < 1.29 is 14.3 Å². The minimum Gasteiger partial charge on any atom is -0.497 e. The van der Waals surface area contributed by atoms with E-state index in [-0.39, 0.29) is 11.5 Å². The summed E-state index contributed by atoms with van der Waals surface area (Å²) in [6.45, 7) is 1.65. The fraction of sp³-hybridized carbons (Fsp3) is 0.158. The number of aromatic amines is 1. The standard InChI is InChI=1S/C19H18N2O4/c1-12(19(23)20-14-7-9-15(24-2)10-8-14)25-16-5-3-4-13-6-11-17(22)21-18(13)16/h3-12H,1-2H3,(H,20,23)(H,21,22). The normalized spacial score (nSPS) is 11.8. The van der Waals surface area contributed by atoms with Crippen molar-refractivity contribution in [3.8, 4) is 11.5 Å². The number of para-hydroxylation sites is 1. The summed E-state index contributed by atoms with van der Waals surface area (Å²) in [6.07, 6.45) is -0.739. The second kappa shape index (κ2) is 7.09. The zero-order valence-corrected chi connectivity index (χ0v) is 13.9. The number of methoxy groups -OCH3 is 1. The first-order valence-corrected chi connectivity index (χ1v) is 7.80. The Morgan fingerprint density at radius 3 is 2.56 bits per heavy atom. The average Bonchev–Trinajstić information content (AvgIpc) is 2.62. The van der Waals surface area contributed by atoms with E-state index in [4.69, 9.17) is 9.47 Å². The molecule has 2 aromatic carbocycles. The average molecular weight is 338 g/mol. The van der Waals surface area contributed by atoms with E-state index in [1.54, 1.807) is 50.4 Å². The molecule has 1 heterocycles. The van der Waals surface area contributed by atoms with E-state index in [1.165, 1.54) is 6.07 Å². The molecule has 3 rings (SSSR count). The third-order valence-corrected chi connectivity index (χ3v) is 3.75. The van der Waals surface area contributed by atoms with E-state index in [2.05, 4.69) is 10.3 Å². The number of carbonyl (C=O) groups excluding carboxylic acids is 1. The first-order valence-electron chi connectivity index (χ1n) is 7.80. The maximum Gasteiger partial charge on any atom is 0.265 e. The van der Waals surface area contributed by atoms with Gasteiger partial charge in [-0.15, -0.1) is 0 Å². The Morgan fingerprint density at radius 1 is 1.08 bits per heavy atom. The third-order valence-electron chi connectivity index (χ3n) is 3.75. The lowest BCUT2D eigenvalue weighted by Crippen LogP contribution is -2.30. The molecule has 1 aromatic heterocycles. The molecule has 128 valence electrons. The van der Waals surface area contributed by atoms with Gasteiger partial charge in [-0.05, 0) is 43.3 Å². The van der Waals surface area contributed by atoms with Crippen LogP contribution in [0.5, 0.6) is 11.5 Å². The van der Waals surface area contributed by atoms with Crippen LogP contribution in [0.3, 0.4) is 0 Å². The fourth-order valence-corrected chi connectivity index (χ4v) is 2.41. The zero-order valence-electron chi connectivity index (χ0n) is 13.9. The molecule has 0 saturated carbocycles. The van der Waals surface area contributed by atoms with Crippen molar-refractivity contribution in [3.05, 3.63) is 65.0 Å². The number of amides is 1. The van der Waals surface area contributed by atoms with Crippen LogP contribution in [0, 0.1) is 0 Å². The molecular formula is C19H18N2O4. The highest BCUT2D eigenvalue weighted by Gasteiger charge is 2.16. The zero-order chi connectivity index (χ0) is 17.8. The number of carbonyl (C=O) groups is 1. The predicted molar refractivity (Wildman–Crippen MR) is 96.3 cm³/mol. The Hall–Kier alpha value is -3.28. The highest BCUT2D eigenvalue weighted by Crippen LogP contribution is 2.23. The number of pyridine rings is 1. The Kier molecular flexibility index (Phi) is 4.70. The molecule has 0 aliphatic rings. The van der Waals surface area contributed by atoms with Crippen LogP contribution in [0.15, 0.2) is 59.4 Å². The number of aromatic nitrogens is 1. The minimum atomic E-state index is -0.739. The number of anilines is 1. The first-order chi connectivity index (χ1) is 12.1. The summed E-state index contributed by atoms with van der Waals surface area (Å²) in [4.78, 5) is 26.6. The number of fused-ring (bicyclic) bond motifs is 1. The van der Waals surface area contributed by atoms with Crippen molar-refractivity contribution in [2.45, 2.75) is 13.0 Å². The summed E-state index contributed by atoms with van der Waals surface area (Å²) in [7, 11) is 1.58. The Bertz CT molecular complexity index is 948. The van der Waals surface area contributed by atoms with Gasteiger partial charge in [0.2, 0.25) is 5.56 Å². The number of hydrogen-bond donors (Lipinski definition) is 2. The quantitative estimate of drug-likeness (QED) is 0.749. The van der Waals surface area contributed by atoms with Crippen molar-refractivity contribution in [3.63, 3.8) is 0 Å². The van der Waals surface area contributed by atoms with Crippen molar-refractivity contribution in [1.29, 1.82) is 0 Å². The van der Waals surface area contributed by atoms with E-state index in [0.29, 0.717) is 22.7 Å². The molecule has 0 radical (unpaired) electrons. The minimum absolute atomic E-state index is 0.223. The van der Waals surface area contributed by atoms with Gasteiger partial charge in [0.25, 0.3) is 5.91 Å². The molecule has 1 atom stereocenters. The van der Waals surface area contributed by atoms with Crippen LogP contribution in [-0.2, 0) is 4.79 Å². The summed E-state index contributed by atoms with van der Waals surface area (Å²) < 4.78 is 10.8. The number of hydrogen-bond acceptors (Lipinski definition) is 4. The van der Waals surface area contributed by atoms with Gasteiger partial charge in [-0.3, -0.25) is 9.59 Å². The SMILES string of the molecule is COc1ccc(NC(=O)C(C)Oc2cccc3ccc(=O)[nH]c23)cc1. The monoisotopic (exact) mass is 338 g/mol. The molecule has 0 aliphatic heterocycles. The molecule has 1 amide bonds. The topological polar surface area (TPSA) is 80.4 Å². The second-order valence-corrected chi connectivity index (χ2v) is 5.52. The molecule has 6 heteroatoms. The molecule has 0 spiro atoms. The Morgan fingerprint density at radius 2 is 1.84 bits per heavy atom. The van der Waals surface area contributed by atoms with Crippen LogP contribution >= 0.6 is 0 Å². The summed E-state index contributed by atoms with van der Waals surface area (Å²) >= 11 is 0. The first kappa shape index (κ1) is 16.6. The lowest BCUT2D eigenvalue weighted by molar-refractivity contribution is -0.122. The number of rotatable bonds is 5. The van der Waals surface area contributed by atoms with Crippen LogP contribution < -0.4 is 20.3 Å². The van der Waals surface area contributed by atoms with Crippen molar-refractivity contribution >= 4 is 22.5 Å². The molecule has 6 nitrogen and oxygen atoms in total. The summed E-state index contributed by atoms with van der Waals surface area (Å²) in [5.74, 6) is 0.870. The molecular weight excluding hydrogens is 320 g/mol. The second-order valence-electron chi connectivity index (χ2n) is 5.52. The molecule has 3 aromatic rings. The van der Waals surface area contributed by atoms with Gasteiger partial charge in [0.1, 0.15) is 11.5 Å². The highest BCUT2D eigenvalue weighted by molar-refractivity contribution is 5.94. The summed E-state index contributed by atoms with van der Waals surface area (Å²) in [6, 6.07) is 15.6. The van der Waals surface area contributed by atoms with E-state index >= 15 is 0 Å². The van der Waals surface area contributed by atoms with Gasteiger partial charge >= 0.3 is 0 Å². The number of benzene rings is 2. The largest absolute Gasteiger partial charge is 0.497 e. The fourth-order valence-electron chi connectivity index (χ4n) is 2.41. The van der Waals surface area contributed by atoms with E-state index in [1.807, 2.05) is 12.1 Å². The maximum atomic E-state index is 12.3. The highest BCUT2D eigenvalue weighted by atomic mass is 16.5. The van der Waals surface area contributed by atoms with Crippen LogP contribution in [0.4, 0.5) is 5.69 Å². The maximum absolute atomic E-state index is 12.3. The van der Waals surface area contributed by atoms with E-state index in [9.17, 15) is 9.59 Å². The van der Waals surface area contributed by atoms with Gasteiger partial charge < -0.3 is 19.8 Å². The van der Waals surface area contributed by atoms with Crippen LogP contribution in [0.25, 0.3) is 10.9 Å². The number of nitrogens with one attached hydrogen (secondary N) is 2. The Labute approximate surface area is 144 Å². The van der Waals surface area contributed by atoms with Gasteiger partial charge in [0, 0.05) is 17.1 Å². The smallest absolute Gasteiger partial charge is 0.265 e. The van der Waals surface area contributed by atoms with Gasteiger partial charge in [-0.25, -0.2) is 0 Å². The molecule has 0 bridgehead atoms. The van der Waals surface area contributed by atoms with Gasteiger partial charge in [-0.2, -0.15) is 0 Å².